The largest absolute Gasteiger partial charge is 0.439 e. The Balaban J connectivity index is 1.82. The Morgan fingerprint density at radius 1 is 0.875 bits per heavy atom. The van der Waals surface area contributed by atoms with Crippen LogP contribution in [0, 0.1) is 27.7 Å². The lowest BCUT2D eigenvalue weighted by Gasteiger charge is -2.11. The third-order valence-electron chi connectivity index (χ3n) is 6.41. The van der Waals surface area contributed by atoms with Gasteiger partial charge < -0.3 is 4.42 Å². The number of imidazole rings is 1. The highest BCUT2D eigenvalue weighted by molar-refractivity contribution is 7.25. The second-order valence-electron chi connectivity index (χ2n) is 8.55. The molecule has 0 N–H and O–H groups in total. The highest BCUT2D eigenvalue weighted by atomic mass is 32.1. The third kappa shape index (κ3) is 2.55. The molecule has 0 radical (unpaired) electrons. The summed E-state index contributed by atoms with van der Waals surface area (Å²) in [4.78, 5) is 5.59. The summed E-state index contributed by atoms with van der Waals surface area (Å²) in [5, 5.41) is 1.13. The summed E-state index contributed by atoms with van der Waals surface area (Å²) in [7, 11) is 2.17. The zero-order valence-corrected chi connectivity index (χ0v) is 19.7. The maximum absolute atomic E-state index is 5.98. The zero-order valence-electron chi connectivity index (χ0n) is 18.9. The van der Waals surface area contributed by atoms with Crippen LogP contribution in [0.1, 0.15) is 22.6 Å². The predicted octanol–water partition coefficient (Wildman–Crippen LogP) is 6.71. The number of hydrogen-bond donors (Lipinski definition) is 0. The fraction of sp³-hybridized carbons (Fsp3) is 0.185. The van der Waals surface area contributed by atoms with E-state index in [4.69, 9.17) is 4.42 Å². The average Bonchev–Trinajstić information content (AvgIpc) is 3.38. The summed E-state index contributed by atoms with van der Waals surface area (Å²) in [6.07, 6.45) is 0. The van der Waals surface area contributed by atoms with Crippen molar-refractivity contribution < 1.29 is 8.98 Å². The first-order valence-electron chi connectivity index (χ1n) is 10.8. The number of benzene rings is 3. The number of rotatable bonds is 2. The monoisotopic (exact) mass is 438 g/mol. The first-order valence-corrected chi connectivity index (χ1v) is 11.6. The highest BCUT2D eigenvalue weighted by Gasteiger charge is 2.31. The number of thiophene rings is 1. The Kier molecular flexibility index (Phi) is 4.08. The molecule has 0 spiro atoms. The van der Waals surface area contributed by atoms with Crippen LogP contribution in [0.3, 0.4) is 0 Å². The molecule has 3 aromatic carbocycles. The van der Waals surface area contributed by atoms with Gasteiger partial charge in [0.2, 0.25) is 0 Å². The molecule has 0 atom stereocenters. The van der Waals surface area contributed by atoms with Gasteiger partial charge in [0.25, 0.3) is 5.82 Å². The Morgan fingerprint density at radius 2 is 1.62 bits per heavy atom. The fourth-order valence-electron chi connectivity index (χ4n) is 4.97. The molecule has 5 heteroatoms. The Bertz CT molecular complexity index is 1660. The van der Waals surface area contributed by atoms with Crippen LogP contribution in [0.4, 0.5) is 0 Å². The van der Waals surface area contributed by atoms with Crippen molar-refractivity contribution in [3.8, 4) is 17.1 Å². The minimum Gasteiger partial charge on any atom is -0.439 e. The van der Waals surface area contributed by atoms with Crippen molar-refractivity contribution in [2.75, 3.05) is 0 Å². The van der Waals surface area contributed by atoms with Gasteiger partial charge in [0.05, 0.1) is 17.3 Å². The van der Waals surface area contributed by atoms with Crippen molar-refractivity contribution in [2.24, 2.45) is 7.05 Å². The van der Waals surface area contributed by atoms with Crippen molar-refractivity contribution in [1.29, 1.82) is 0 Å². The van der Waals surface area contributed by atoms with Crippen LogP contribution in [0.2, 0.25) is 0 Å². The molecular formula is C27H24N3OS+. The number of para-hydroxylation sites is 3. The van der Waals surface area contributed by atoms with Gasteiger partial charge in [-0.25, -0.2) is 9.55 Å². The molecule has 6 rings (SSSR count). The molecule has 0 bridgehead atoms. The van der Waals surface area contributed by atoms with E-state index < -0.39 is 0 Å². The fourth-order valence-corrected chi connectivity index (χ4v) is 6.20. The van der Waals surface area contributed by atoms with Crippen LogP contribution in [-0.2, 0) is 7.05 Å². The van der Waals surface area contributed by atoms with Crippen LogP contribution in [-0.4, -0.2) is 9.55 Å². The van der Waals surface area contributed by atoms with Crippen molar-refractivity contribution in [2.45, 2.75) is 27.7 Å². The molecule has 0 amide bonds. The number of hydrogen-bond acceptors (Lipinski definition) is 3. The molecule has 0 saturated carbocycles. The second kappa shape index (κ2) is 6.78. The maximum atomic E-state index is 5.98. The summed E-state index contributed by atoms with van der Waals surface area (Å²) in [5.41, 5.74) is 9.53. The van der Waals surface area contributed by atoms with Gasteiger partial charge in [-0.15, -0.1) is 11.3 Å². The van der Waals surface area contributed by atoms with Gasteiger partial charge in [-0.2, -0.15) is 4.57 Å². The van der Waals surface area contributed by atoms with Gasteiger partial charge in [0, 0.05) is 12.3 Å². The molecule has 0 saturated heterocycles. The van der Waals surface area contributed by atoms with Crippen LogP contribution in [0.15, 0.2) is 59.0 Å². The van der Waals surface area contributed by atoms with Crippen LogP contribution >= 0.6 is 11.3 Å². The smallest absolute Gasteiger partial charge is 0.296 e. The standard InChI is InChI=1S/C27H24N3OS/c1-15-13-14-19-24-26(28-18(4)31-24)32-25(19)22(15)27-29(5)20-11-6-7-12-21(20)30(27)23-16(2)9-8-10-17(23)3/h6-14H,1-5H3/q+1. The van der Waals surface area contributed by atoms with Gasteiger partial charge in [-0.3, -0.25) is 0 Å². The lowest BCUT2D eigenvalue weighted by atomic mass is 10.0. The van der Waals surface area contributed by atoms with E-state index in [1.165, 1.54) is 49.5 Å². The van der Waals surface area contributed by atoms with E-state index in [-0.39, 0.29) is 0 Å². The number of aryl methyl sites for hydroxylation is 5. The number of nitrogens with zero attached hydrogens (tertiary/aromatic N) is 3. The molecular weight excluding hydrogens is 414 g/mol. The molecule has 0 aliphatic heterocycles. The molecule has 4 nitrogen and oxygen atoms in total. The lowest BCUT2D eigenvalue weighted by molar-refractivity contribution is -0.633. The Labute approximate surface area is 190 Å². The number of aromatic nitrogens is 3. The van der Waals surface area contributed by atoms with Gasteiger partial charge >= 0.3 is 0 Å². The maximum Gasteiger partial charge on any atom is 0.296 e. The van der Waals surface area contributed by atoms with Gasteiger partial charge in [-0.05, 0) is 55.7 Å². The topological polar surface area (TPSA) is 34.8 Å². The van der Waals surface area contributed by atoms with Gasteiger partial charge in [0.15, 0.2) is 27.3 Å². The van der Waals surface area contributed by atoms with Crippen molar-refractivity contribution in [3.63, 3.8) is 0 Å². The molecule has 6 aromatic rings. The van der Waals surface area contributed by atoms with Crippen molar-refractivity contribution >= 4 is 42.9 Å². The van der Waals surface area contributed by atoms with E-state index in [1.54, 1.807) is 11.3 Å². The SMILES string of the molecule is Cc1nc2sc3c(-c4n(-c5c(C)cccc5C)c5ccccc5[n+]4C)c(C)ccc3c2o1. The van der Waals surface area contributed by atoms with Gasteiger partial charge in [-0.1, -0.05) is 36.4 Å². The second-order valence-corrected chi connectivity index (χ2v) is 9.55. The number of oxazole rings is 1. The Morgan fingerprint density at radius 3 is 2.41 bits per heavy atom. The summed E-state index contributed by atoms with van der Waals surface area (Å²) in [5.74, 6) is 1.89. The first kappa shape index (κ1) is 19.3. The molecule has 3 heterocycles. The molecule has 158 valence electrons. The van der Waals surface area contributed by atoms with E-state index in [1.807, 2.05) is 6.92 Å². The molecule has 3 aromatic heterocycles. The molecule has 32 heavy (non-hydrogen) atoms. The van der Waals surface area contributed by atoms with Crippen molar-refractivity contribution in [3.05, 3.63) is 77.2 Å². The highest BCUT2D eigenvalue weighted by Crippen LogP contribution is 2.42. The normalized spacial score (nSPS) is 11.9. The molecule has 0 aliphatic rings. The summed E-state index contributed by atoms with van der Waals surface area (Å²) in [6, 6.07) is 19.5. The quantitative estimate of drug-likeness (QED) is 0.282. The van der Waals surface area contributed by atoms with Crippen LogP contribution in [0.25, 0.3) is 48.6 Å². The van der Waals surface area contributed by atoms with E-state index in [0.29, 0.717) is 5.89 Å². The summed E-state index contributed by atoms with van der Waals surface area (Å²) in [6.45, 7) is 8.49. The molecule has 0 unspecified atom stereocenters. The van der Waals surface area contributed by atoms with E-state index in [9.17, 15) is 0 Å². The molecule has 0 aliphatic carbocycles. The average molecular weight is 439 g/mol. The van der Waals surface area contributed by atoms with Gasteiger partial charge in [0.1, 0.15) is 5.69 Å². The van der Waals surface area contributed by atoms with Crippen LogP contribution < -0.4 is 4.57 Å². The minimum atomic E-state index is 0.713. The third-order valence-corrected chi connectivity index (χ3v) is 7.51. The molecule has 0 fully saturated rings. The zero-order chi connectivity index (χ0) is 22.1. The number of fused-ring (bicyclic) bond motifs is 4. The minimum absolute atomic E-state index is 0.713. The van der Waals surface area contributed by atoms with Crippen molar-refractivity contribution in [1.82, 2.24) is 9.55 Å². The van der Waals surface area contributed by atoms with E-state index in [0.717, 1.165) is 15.8 Å². The predicted molar refractivity (Wildman–Crippen MR) is 132 cm³/mol. The first-order chi connectivity index (χ1) is 15.5. The lowest BCUT2D eigenvalue weighted by Crippen LogP contribution is -2.30. The summed E-state index contributed by atoms with van der Waals surface area (Å²) < 4.78 is 12.0. The Hall–Kier alpha value is -3.44. The van der Waals surface area contributed by atoms with Crippen LogP contribution in [0.5, 0.6) is 0 Å². The van der Waals surface area contributed by atoms with E-state index >= 15 is 0 Å². The summed E-state index contributed by atoms with van der Waals surface area (Å²) >= 11 is 1.72. The van der Waals surface area contributed by atoms with E-state index in [2.05, 4.69) is 96.5 Å².